The number of hydrogen-bond acceptors (Lipinski definition) is 5. The lowest BCUT2D eigenvalue weighted by atomic mass is 10.3. The number of nitrogens with zero attached hydrogens (tertiary/aromatic N) is 3. The van der Waals surface area contributed by atoms with Crippen LogP contribution in [-0.4, -0.2) is 14.9 Å². The van der Waals surface area contributed by atoms with Gasteiger partial charge < -0.3 is 4.74 Å². The van der Waals surface area contributed by atoms with Gasteiger partial charge in [0.25, 0.3) is 0 Å². The van der Waals surface area contributed by atoms with Crippen molar-refractivity contribution in [3.63, 3.8) is 0 Å². The number of nitro groups is 1. The molecule has 0 aliphatic carbocycles. The topological polar surface area (TPSA) is 78.2 Å². The number of hydrogen-bond donors (Lipinski definition) is 0. The molecule has 0 atom stereocenters. The van der Waals surface area contributed by atoms with E-state index in [4.69, 9.17) is 4.74 Å². The Balaban J connectivity index is 2.16. The molecule has 86 valence electrons. The summed E-state index contributed by atoms with van der Waals surface area (Å²) in [6, 6.07) is 7.18. The van der Waals surface area contributed by atoms with Gasteiger partial charge in [0.1, 0.15) is 18.1 Å². The summed E-state index contributed by atoms with van der Waals surface area (Å²) in [5.74, 6) is 0.549. The molecule has 0 aliphatic rings. The molecule has 0 N–H and O–H groups in total. The van der Waals surface area contributed by atoms with Crippen molar-refractivity contribution in [1.82, 2.24) is 9.97 Å². The van der Waals surface area contributed by atoms with Crippen LogP contribution in [-0.2, 0) is 0 Å². The second-order valence-electron chi connectivity index (χ2n) is 3.04. The quantitative estimate of drug-likeness (QED) is 0.642. The Morgan fingerprint density at radius 1 is 1.29 bits per heavy atom. The molecule has 0 fully saturated rings. The number of aromatic nitrogens is 2. The molecule has 0 saturated carbocycles. The Kier molecular flexibility index (Phi) is 3.29. The highest BCUT2D eigenvalue weighted by Gasteiger charge is 2.07. The van der Waals surface area contributed by atoms with Crippen LogP contribution in [0.15, 0.2) is 41.1 Å². The highest BCUT2D eigenvalue weighted by atomic mass is 79.9. The first-order chi connectivity index (χ1) is 8.15. The van der Waals surface area contributed by atoms with Crippen LogP contribution >= 0.6 is 15.9 Å². The van der Waals surface area contributed by atoms with E-state index in [0.717, 1.165) is 16.9 Å². The summed E-state index contributed by atoms with van der Waals surface area (Å²) in [5, 5.41) is 10.4. The molecule has 0 unspecified atom stereocenters. The fraction of sp³-hybridized carbons (Fsp3) is 0. The highest BCUT2D eigenvalue weighted by molar-refractivity contribution is 9.10. The van der Waals surface area contributed by atoms with Gasteiger partial charge in [0.05, 0.1) is 4.92 Å². The third-order valence-electron chi connectivity index (χ3n) is 1.83. The van der Waals surface area contributed by atoms with Crippen LogP contribution in [0.2, 0.25) is 0 Å². The minimum atomic E-state index is -0.567. The molecule has 1 heterocycles. The van der Waals surface area contributed by atoms with E-state index in [-0.39, 0.29) is 11.7 Å². The molecule has 6 nitrogen and oxygen atoms in total. The summed E-state index contributed by atoms with van der Waals surface area (Å²) < 4.78 is 6.18. The minimum Gasteiger partial charge on any atom is -0.424 e. The van der Waals surface area contributed by atoms with E-state index in [0.29, 0.717) is 5.75 Å². The first-order valence-corrected chi connectivity index (χ1v) is 5.34. The van der Waals surface area contributed by atoms with Crippen LogP contribution < -0.4 is 4.74 Å². The molecule has 2 rings (SSSR count). The molecule has 0 saturated heterocycles. The molecule has 0 bridgehead atoms. The van der Waals surface area contributed by atoms with E-state index in [1.807, 2.05) is 6.07 Å². The van der Waals surface area contributed by atoms with Crippen molar-refractivity contribution in [1.29, 1.82) is 0 Å². The summed E-state index contributed by atoms with van der Waals surface area (Å²) in [4.78, 5) is 17.3. The molecule has 0 spiro atoms. The van der Waals surface area contributed by atoms with E-state index < -0.39 is 4.92 Å². The average Bonchev–Trinajstić information content (AvgIpc) is 2.29. The second-order valence-corrected chi connectivity index (χ2v) is 3.96. The summed E-state index contributed by atoms with van der Waals surface area (Å²) in [6.07, 6.45) is 2.20. The summed E-state index contributed by atoms with van der Waals surface area (Å²) >= 11 is 3.30. The lowest BCUT2D eigenvalue weighted by Gasteiger charge is -2.02. The van der Waals surface area contributed by atoms with Crippen molar-refractivity contribution < 1.29 is 9.66 Å². The van der Waals surface area contributed by atoms with Crippen LogP contribution in [0.1, 0.15) is 0 Å². The Morgan fingerprint density at radius 2 is 2.00 bits per heavy atom. The zero-order valence-electron chi connectivity index (χ0n) is 8.41. The number of ether oxygens (including phenoxy) is 1. The van der Waals surface area contributed by atoms with Gasteiger partial charge in [-0.25, -0.2) is 0 Å². The Morgan fingerprint density at radius 3 is 2.59 bits per heavy atom. The van der Waals surface area contributed by atoms with Gasteiger partial charge in [-0.3, -0.25) is 10.1 Å². The van der Waals surface area contributed by atoms with Crippen LogP contribution in [0.3, 0.4) is 0 Å². The van der Waals surface area contributed by atoms with E-state index >= 15 is 0 Å². The lowest BCUT2D eigenvalue weighted by Crippen LogP contribution is -1.94. The van der Waals surface area contributed by atoms with Crippen molar-refractivity contribution in [2.75, 3.05) is 0 Å². The maximum absolute atomic E-state index is 10.4. The molecule has 0 aliphatic heterocycles. The third-order valence-corrected chi connectivity index (χ3v) is 2.32. The highest BCUT2D eigenvalue weighted by Crippen LogP contribution is 2.22. The van der Waals surface area contributed by atoms with Gasteiger partial charge in [-0.05, 0) is 18.2 Å². The number of rotatable bonds is 3. The van der Waals surface area contributed by atoms with E-state index in [2.05, 4.69) is 25.9 Å². The van der Waals surface area contributed by atoms with E-state index in [1.54, 1.807) is 18.2 Å². The predicted molar refractivity (Wildman–Crippen MR) is 62.9 cm³/mol. The minimum absolute atomic E-state index is 0.0636. The molecular formula is C10H6BrN3O3. The predicted octanol–water partition coefficient (Wildman–Crippen LogP) is 2.94. The first kappa shape index (κ1) is 11.5. The fourth-order valence-electron chi connectivity index (χ4n) is 1.09. The lowest BCUT2D eigenvalue weighted by molar-refractivity contribution is -0.385. The maximum atomic E-state index is 10.4. The number of halogens is 1. The van der Waals surface area contributed by atoms with Gasteiger partial charge in [-0.1, -0.05) is 22.0 Å². The van der Waals surface area contributed by atoms with Gasteiger partial charge in [0.2, 0.25) is 0 Å². The molecule has 1 aromatic heterocycles. The smallest absolute Gasteiger partial charge is 0.322 e. The Hall–Kier alpha value is -2.02. The van der Waals surface area contributed by atoms with Crippen LogP contribution in [0.4, 0.5) is 5.69 Å². The van der Waals surface area contributed by atoms with Gasteiger partial charge in [0.15, 0.2) is 0 Å². The fourth-order valence-corrected chi connectivity index (χ4v) is 1.47. The average molecular weight is 296 g/mol. The third kappa shape index (κ3) is 2.97. The SMILES string of the molecule is O=[N+]([O-])c1cnc(Oc2cccc(Br)c2)nc1. The van der Waals surface area contributed by atoms with Crippen LogP contribution in [0, 0.1) is 10.1 Å². The van der Waals surface area contributed by atoms with E-state index in [9.17, 15) is 10.1 Å². The maximum Gasteiger partial charge on any atom is 0.322 e. The molecule has 1 aromatic carbocycles. The normalized spacial score (nSPS) is 9.94. The molecule has 2 aromatic rings. The standard InChI is InChI=1S/C10H6BrN3O3/c11-7-2-1-3-9(4-7)17-10-12-5-8(6-13-10)14(15)16/h1-6H. The van der Waals surface area contributed by atoms with Gasteiger partial charge in [0, 0.05) is 4.47 Å². The van der Waals surface area contributed by atoms with Crippen molar-refractivity contribution in [2.24, 2.45) is 0 Å². The first-order valence-electron chi connectivity index (χ1n) is 4.55. The van der Waals surface area contributed by atoms with Crippen molar-refractivity contribution in [2.45, 2.75) is 0 Å². The van der Waals surface area contributed by atoms with Crippen LogP contribution in [0.5, 0.6) is 11.8 Å². The van der Waals surface area contributed by atoms with Gasteiger partial charge >= 0.3 is 11.7 Å². The zero-order valence-corrected chi connectivity index (χ0v) is 9.99. The monoisotopic (exact) mass is 295 g/mol. The second kappa shape index (κ2) is 4.88. The van der Waals surface area contributed by atoms with Gasteiger partial charge in [-0.2, -0.15) is 9.97 Å². The van der Waals surface area contributed by atoms with Crippen molar-refractivity contribution >= 4 is 21.6 Å². The van der Waals surface area contributed by atoms with Crippen LogP contribution in [0.25, 0.3) is 0 Å². The van der Waals surface area contributed by atoms with Crippen molar-refractivity contribution in [3.8, 4) is 11.8 Å². The number of benzene rings is 1. The summed E-state index contributed by atoms with van der Waals surface area (Å²) in [5.41, 5.74) is -0.174. The van der Waals surface area contributed by atoms with Gasteiger partial charge in [-0.15, -0.1) is 0 Å². The largest absolute Gasteiger partial charge is 0.424 e. The summed E-state index contributed by atoms with van der Waals surface area (Å²) in [6.45, 7) is 0. The molecule has 0 amide bonds. The Bertz CT molecular complexity index is 545. The molecule has 17 heavy (non-hydrogen) atoms. The zero-order chi connectivity index (χ0) is 12.3. The van der Waals surface area contributed by atoms with E-state index in [1.165, 1.54) is 0 Å². The Labute approximate surface area is 105 Å². The van der Waals surface area contributed by atoms with Crippen molar-refractivity contribution in [3.05, 3.63) is 51.2 Å². The summed E-state index contributed by atoms with van der Waals surface area (Å²) in [7, 11) is 0. The molecule has 0 radical (unpaired) electrons. The molecule has 7 heteroatoms. The molecular weight excluding hydrogens is 290 g/mol.